The van der Waals surface area contributed by atoms with Gasteiger partial charge in [0.05, 0.1) is 0 Å². The number of benzene rings is 1. The molecule has 0 aliphatic rings. The second-order valence-corrected chi connectivity index (χ2v) is 3.29. The maximum atomic E-state index is 5.61. The summed E-state index contributed by atoms with van der Waals surface area (Å²) >= 11 is 4.96. The molecule has 0 radical (unpaired) electrons. The molecule has 2 nitrogen and oxygen atoms in total. The molecule has 0 aliphatic carbocycles. The van der Waals surface area contributed by atoms with Crippen molar-refractivity contribution < 1.29 is 0 Å². The molecule has 0 amide bonds. The summed E-state index contributed by atoms with van der Waals surface area (Å²) in [5.41, 5.74) is 7.89. The van der Waals surface area contributed by atoms with Gasteiger partial charge >= 0.3 is 0 Å². The lowest BCUT2D eigenvalue weighted by Crippen LogP contribution is -2.35. The fourth-order valence-electron chi connectivity index (χ4n) is 1.31. The highest BCUT2D eigenvalue weighted by Crippen LogP contribution is 2.18. The van der Waals surface area contributed by atoms with E-state index in [0.29, 0.717) is 5.11 Å². The van der Waals surface area contributed by atoms with Crippen LogP contribution in [0.4, 0.5) is 5.69 Å². The van der Waals surface area contributed by atoms with E-state index in [9.17, 15) is 0 Å². The van der Waals surface area contributed by atoms with Gasteiger partial charge in [-0.25, -0.2) is 0 Å². The summed E-state index contributed by atoms with van der Waals surface area (Å²) in [5.74, 6) is 0. The molecule has 1 aromatic rings. The summed E-state index contributed by atoms with van der Waals surface area (Å²) in [6.45, 7) is 4.89. The van der Waals surface area contributed by atoms with Gasteiger partial charge in [-0.05, 0) is 37.7 Å². The third kappa shape index (κ3) is 2.18. The number of nitrogens with two attached hydrogens (primary N) is 1. The minimum Gasteiger partial charge on any atom is -0.376 e. The van der Waals surface area contributed by atoms with Crippen LogP contribution in [0.15, 0.2) is 24.3 Å². The van der Waals surface area contributed by atoms with Gasteiger partial charge in [0.2, 0.25) is 0 Å². The zero-order chi connectivity index (χ0) is 9.84. The molecule has 2 N–H and O–H groups in total. The largest absolute Gasteiger partial charge is 0.376 e. The molecular formula is C10H14N2S. The third-order valence-corrected chi connectivity index (χ3v) is 2.21. The van der Waals surface area contributed by atoms with Crippen molar-refractivity contribution in [2.45, 2.75) is 13.8 Å². The van der Waals surface area contributed by atoms with Crippen LogP contribution in [0.2, 0.25) is 0 Å². The molecule has 0 saturated carbocycles. The summed E-state index contributed by atoms with van der Waals surface area (Å²) < 4.78 is 0. The Bertz CT molecular complexity index is 310. The van der Waals surface area contributed by atoms with Crippen molar-refractivity contribution in [1.82, 2.24) is 0 Å². The smallest absolute Gasteiger partial charge is 0.170 e. The van der Waals surface area contributed by atoms with Gasteiger partial charge in [-0.2, -0.15) is 0 Å². The van der Waals surface area contributed by atoms with Crippen LogP contribution in [0, 0.1) is 6.92 Å². The number of thiocarbonyl (C=S) groups is 1. The fraction of sp³-hybridized carbons (Fsp3) is 0.300. The Morgan fingerprint density at radius 3 is 2.54 bits per heavy atom. The van der Waals surface area contributed by atoms with Crippen molar-refractivity contribution in [3.8, 4) is 0 Å². The Kier molecular flexibility index (Phi) is 3.25. The molecule has 0 heterocycles. The molecule has 3 heteroatoms. The van der Waals surface area contributed by atoms with Gasteiger partial charge in [0, 0.05) is 12.2 Å². The van der Waals surface area contributed by atoms with Gasteiger partial charge in [0.15, 0.2) is 5.11 Å². The number of hydrogen-bond acceptors (Lipinski definition) is 1. The molecular weight excluding hydrogens is 180 g/mol. The van der Waals surface area contributed by atoms with E-state index in [0.717, 1.165) is 12.2 Å². The summed E-state index contributed by atoms with van der Waals surface area (Å²) in [7, 11) is 0. The average Bonchev–Trinajstić information content (AvgIpc) is 2.09. The van der Waals surface area contributed by atoms with Crippen LogP contribution in [0.5, 0.6) is 0 Å². The number of rotatable bonds is 2. The SMILES string of the molecule is CCN(C(N)=S)c1ccccc1C. The monoisotopic (exact) mass is 194 g/mol. The number of nitrogens with zero attached hydrogens (tertiary/aromatic N) is 1. The zero-order valence-electron chi connectivity index (χ0n) is 7.95. The molecule has 1 rings (SSSR count). The van der Waals surface area contributed by atoms with E-state index in [4.69, 9.17) is 18.0 Å². The first-order valence-corrected chi connectivity index (χ1v) is 4.70. The highest BCUT2D eigenvalue weighted by molar-refractivity contribution is 7.80. The minimum absolute atomic E-state index is 0.428. The van der Waals surface area contributed by atoms with Gasteiger partial charge in [-0.3, -0.25) is 0 Å². The number of anilines is 1. The lowest BCUT2D eigenvalue weighted by molar-refractivity contribution is 1.05. The van der Waals surface area contributed by atoms with E-state index >= 15 is 0 Å². The van der Waals surface area contributed by atoms with E-state index in [1.165, 1.54) is 5.56 Å². The molecule has 70 valence electrons. The van der Waals surface area contributed by atoms with E-state index in [1.54, 1.807) is 0 Å². The van der Waals surface area contributed by atoms with Crippen LogP contribution >= 0.6 is 12.2 Å². The lowest BCUT2D eigenvalue weighted by atomic mass is 10.2. The van der Waals surface area contributed by atoms with Crippen molar-refractivity contribution in [1.29, 1.82) is 0 Å². The van der Waals surface area contributed by atoms with Crippen LogP contribution in [0.3, 0.4) is 0 Å². The van der Waals surface area contributed by atoms with Gasteiger partial charge in [0.1, 0.15) is 0 Å². The number of hydrogen-bond donors (Lipinski definition) is 1. The highest BCUT2D eigenvalue weighted by Gasteiger charge is 2.07. The van der Waals surface area contributed by atoms with E-state index in [1.807, 2.05) is 30.0 Å². The van der Waals surface area contributed by atoms with Crippen molar-refractivity contribution in [3.63, 3.8) is 0 Å². The van der Waals surface area contributed by atoms with Crippen LogP contribution < -0.4 is 10.6 Å². The van der Waals surface area contributed by atoms with Crippen molar-refractivity contribution in [2.75, 3.05) is 11.4 Å². The molecule has 0 fully saturated rings. The predicted molar refractivity (Wildman–Crippen MR) is 61.0 cm³/mol. The molecule has 0 aromatic heterocycles. The lowest BCUT2D eigenvalue weighted by Gasteiger charge is -2.22. The first kappa shape index (κ1) is 9.99. The Balaban J connectivity index is 3.04. The van der Waals surface area contributed by atoms with Crippen LogP contribution in [0.1, 0.15) is 12.5 Å². The molecule has 13 heavy (non-hydrogen) atoms. The van der Waals surface area contributed by atoms with Crippen LogP contribution in [0.25, 0.3) is 0 Å². The summed E-state index contributed by atoms with van der Waals surface area (Å²) in [4.78, 5) is 1.92. The Hall–Kier alpha value is -1.09. The van der Waals surface area contributed by atoms with Gasteiger partial charge < -0.3 is 10.6 Å². The maximum Gasteiger partial charge on any atom is 0.170 e. The van der Waals surface area contributed by atoms with Crippen molar-refractivity contribution in [2.24, 2.45) is 5.73 Å². The van der Waals surface area contributed by atoms with Crippen molar-refractivity contribution in [3.05, 3.63) is 29.8 Å². The maximum absolute atomic E-state index is 5.61. The second-order valence-electron chi connectivity index (χ2n) is 2.87. The Morgan fingerprint density at radius 2 is 2.08 bits per heavy atom. The zero-order valence-corrected chi connectivity index (χ0v) is 8.77. The molecule has 0 saturated heterocycles. The van der Waals surface area contributed by atoms with Crippen molar-refractivity contribution >= 4 is 23.0 Å². The number of para-hydroxylation sites is 1. The third-order valence-electron chi connectivity index (χ3n) is 1.99. The van der Waals surface area contributed by atoms with E-state index in [2.05, 4.69) is 13.0 Å². The first-order chi connectivity index (χ1) is 6.16. The highest BCUT2D eigenvalue weighted by atomic mass is 32.1. The van der Waals surface area contributed by atoms with E-state index < -0.39 is 0 Å². The standard InChI is InChI=1S/C10H14N2S/c1-3-12(10(11)13)9-7-5-4-6-8(9)2/h4-7H,3H2,1-2H3,(H2,11,13). The predicted octanol–water partition coefficient (Wildman–Crippen LogP) is 2.06. The quantitative estimate of drug-likeness (QED) is 0.731. The Labute approximate surface area is 84.3 Å². The molecule has 0 aliphatic heterocycles. The molecule has 1 aromatic carbocycles. The molecule has 0 unspecified atom stereocenters. The normalized spacial score (nSPS) is 9.69. The topological polar surface area (TPSA) is 29.3 Å². The average molecular weight is 194 g/mol. The summed E-state index contributed by atoms with van der Waals surface area (Å²) in [5, 5.41) is 0.428. The molecule has 0 bridgehead atoms. The fourth-order valence-corrected chi connectivity index (χ4v) is 1.54. The van der Waals surface area contributed by atoms with Gasteiger partial charge in [0.25, 0.3) is 0 Å². The van der Waals surface area contributed by atoms with Crippen LogP contribution in [-0.4, -0.2) is 11.7 Å². The molecule has 0 spiro atoms. The minimum atomic E-state index is 0.428. The summed E-state index contributed by atoms with van der Waals surface area (Å²) in [6.07, 6.45) is 0. The summed E-state index contributed by atoms with van der Waals surface area (Å²) in [6, 6.07) is 8.07. The number of aryl methyl sites for hydroxylation is 1. The van der Waals surface area contributed by atoms with E-state index in [-0.39, 0.29) is 0 Å². The van der Waals surface area contributed by atoms with Gasteiger partial charge in [-0.15, -0.1) is 0 Å². The Morgan fingerprint density at radius 1 is 1.46 bits per heavy atom. The molecule has 0 atom stereocenters. The van der Waals surface area contributed by atoms with Crippen LogP contribution in [-0.2, 0) is 0 Å². The first-order valence-electron chi connectivity index (χ1n) is 4.29. The second kappa shape index (κ2) is 4.23. The van der Waals surface area contributed by atoms with Gasteiger partial charge in [-0.1, -0.05) is 18.2 Å².